The molecule has 0 spiro atoms. The van der Waals surface area contributed by atoms with E-state index in [-0.39, 0.29) is 17.3 Å². The number of aromatic nitrogens is 1. The van der Waals surface area contributed by atoms with Gasteiger partial charge in [-0.3, -0.25) is 14.4 Å². The molecule has 1 N–H and O–H groups in total. The normalized spacial score (nSPS) is 10.4. The first-order valence-corrected chi connectivity index (χ1v) is 6.69. The Kier molecular flexibility index (Phi) is 4.60. The number of hydroxylamine groups is 1. The Morgan fingerprint density at radius 3 is 2.74 bits per heavy atom. The highest BCUT2D eigenvalue weighted by Crippen LogP contribution is 2.22. The van der Waals surface area contributed by atoms with Crippen LogP contribution in [-0.2, 0) is 11.6 Å². The van der Waals surface area contributed by atoms with Crippen LogP contribution >= 0.6 is 34.7 Å². The van der Waals surface area contributed by atoms with Crippen LogP contribution in [-0.4, -0.2) is 9.86 Å². The second kappa shape index (κ2) is 6.21. The maximum absolute atomic E-state index is 11.7. The zero-order valence-electron chi connectivity index (χ0n) is 9.43. The van der Waals surface area contributed by atoms with Crippen LogP contribution in [0.2, 0.25) is 10.0 Å². The van der Waals surface area contributed by atoms with Crippen LogP contribution in [0.25, 0.3) is 0 Å². The molecular formula is C11H8Cl2N2O3S. The highest BCUT2D eigenvalue weighted by Gasteiger charge is 2.08. The molecule has 1 aromatic heterocycles. The van der Waals surface area contributed by atoms with Gasteiger partial charge >= 0.3 is 0 Å². The van der Waals surface area contributed by atoms with E-state index >= 15 is 0 Å². The van der Waals surface area contributed by atoms with Crippen molar-refractivity contribution in [3.05, 3.63) is 55.6 Å². The molecule has 0 bridgehead atoms. The molecule has 100 valence electrons. The molecule has 2 rings (SSSR count). The van der Waals surface area contributed by atoms with Crippen LogP contribution < -0.4 is 11.0 Å². The second-order valence-electron chi connectivity index (χ2n) is 3.46. The van der Waals surface area contributed by atoms with Gasteiger partial charge in [0.15, 0.2) is 6.73 Å². The molecule has 1 heterocycles. The third kappa shape index (κ3) is 3.57. The number of hydrogen-bond acceptors (Lipinski definition) is 4. The molecule has 0 atom stereocenters. The van der Waals surface area contributed by atoms with Crippen LogP contribution in [0.5, 0.6) is 0 Å². The van der Waals surface area contributed by atoms with Gasteiger partial charge in [0, 0.05) is 17.0 Å². The van der Waals surface area contributed by atoms with Crippen LogP contribution in [0.1, 0.15) is 10.4 Å². The Labute approximate surface area is 122 Å². The lowest BCUT2D eigenvalue weighted by Gasteiger charge is -2.06. The molecule has 0 fully saturated rings. The van der Waals surface area contributed by atoms with E-state index in [9.17, 15) is 9.59 Å². The largest absolute Gasteiger partial charge is 0.274 e. The van der Waals surface area contributed by atoms with Crippen molar-refractivity contribution < 1.29 is 9.63 Å². The van der Waals surface area contributed by atoms with Gasteiger partial charge in [0.2, 0.25) is 0 Å². The van der Waals surface area contributed by atoms with Gasteiger partial charge in [-0.15, -0.1) is 0 Å². The molecule has 0 saturated heterocycles. The van der Waals surface area contributed by atoms with Gasteiger partial charge in [-0.05, 0) is 18.2 Å². The van der Waals surface area contributed by atoms with Gasteiger partial charge in [0.1, 0.15) is 0 Å². The van der Waals surface area contributed by atoms with Gasteiger partial charge in [0.25, 0.3) is 11.5 Å². The minimum atomic E-state index is -0.469. The average molecular weight is 319 g/mol. The lowest BCUT2D eigenvalue weighted by Crippen LogP contribution is -2.26. The molecule has 8 heteroatoms. The number of nitrogens with one attached hydrogen (secondary N) is 1. The Bertz CT molecular complexity index is 653. The number of hydrogen-bond donors (Lipinski definition) is 1. The quantitative estimate of drug-likeness (QED) is 0.881. The highest BCUT2D eigenvalue weighted by atomic mass is 35.5. The highest BCUT2D eigenvalue weighted by molar-refractivity contribution is 7.04. The summed E-state index contributed by atoms with van der Waals surface area (Å²) in [5.74, 6) is -0.469. The summed E-state index contributed by atoms with van der Waals surface area (Å²) in [5.41, 5.74) is 2.34. The Morgan fingerprint density at radius 1 is 1.32 bits per heavy atom. The van der Waals surface area contributed by atoms with E-state index in [4.69, 9.17) is 28.0 Å². The third-order valence-corrected chi connectivity index (χ3v) is 3.71. The summed E-state index contributed by atoms with van der Waals surface area (Å²) in [7, 11) is 0. The molecule has 2 aromatic rings. The Balaban J connectivity index is 1.92. The van der Waals surface area contributed by atoms with Crippen molar-refractivity contribution >= 4 is 40.6 Å². The molecule has 0 radical (unpaired) electrons. The molecular weight excluding hydrogens is 311 g/mol. The van der Waals surface area contributed by atoms with Crippen molar-refractivity contribution in [1.29, 1.82) is 0 Å². The summed E-state index contributed by atoms with van der Waals surface area (Å²) in [5, 5.41) is 2.28. The van der Waals surface area contributed by atoms with E-state index < -0.39 is 5.91 Å². The molecule has 0 aliphatic carbocycles. The van der Waals surface area contributed by atoms with Crippen molar-refractivity contribution in [2.24, 2.45) is 0 Å². The molecule has 0 aliphatic heterocycles. The first-order chi connectivity index (χ1) is 9.08. The van der Waals surface area contributed by atoms with Crippen molar-refractivity contribution in [2.45, 2.75) is 6.73 Å². The van der Waals surface area contributed by atoms with Crippen molar-refractivity contribution in [1.82, 2.24) is 9.44 Å². The number of amides is 1. The van der Waals surface area contributed by atoms with Crippen LogP contribution in [0.15, 0.2) is 34.4 Å². The summed E-state index contributed by atoms with van der Waals surface area (Å²) >= 11 is 12.7. The van der Waals surface area contributed by atoms with E-state index in [0.717, 1.165) is 0 Å². The van der Waals surface area contributed by atoms with E-state index in [2.05, 4.69) is 5.48 Å². The van der Waals surface area contributed by atoms with Gasteiger partial charge < -0.3 is 0 Å². The third-order valence-electron chi connectivity index (χ3n) is 2.17. The molecule has 0 aliphatic rings. The van der Waals surface area contributed by atoms with Gasteiger partial charge in [-0.1, -0.05) is 34.7 Å². The average Bonchev–Trinajstić information content (AvgIpc) is 2.78. The zero-order valence-corrected chi connectivity index (χ0v) is 11.8. The van der Waals surface area contributed by atoms with E-state index in [1.165, 1.54) is 39.8 Å². The van der Waals surface area contributed by atoms with E-state index in [1.807, 2.05) is 0 Å². The maximum atomic E-state index is 11.7. The van der Waals surface area contributed by atoms with E-state index in [1.54, 1.807) is 5.38 Å². The summed E-state index contributed by atoms with van der Waals surface area (Å²) in [4.78, 5) is 27.8. The van der Waals surface area contributed by atoms with Gasteiger partial charge in [-0.25, -0.2) is 9.44 Å². The predicted molar refractivity (Wildman–Crippen MR) is 73.6 cm³/mol. The summed E-state index contributed by atoms with van der Waals surface area (Å²) < 4.78 is 1.34. The number of rotatable bonds is 4. The summed E-state index contributed by atoms with van der Waals surface area (Å²) in [6, 6.07) is 5.88. The topological polar surface area (TPSA) is 60.3 Å². The number of halogens is 2. The molecule has 1 aromatic carbocycles. The van der Waals surface area contributed by atoms with Crippen molar-refractivity contribution in [3.63, 3.8) is 0 Å². The number of nitrogens with zero attached hydrogens (tertiary/aromatic N) is 1. The minimum absolute atomic E-state index is 0.0520. The predicted octanol–water partition coefficient (Wildman–Crippen LogP) is 2.54. The lowest BCUT2D eigenvalue weighted by molar-refractivity contribution is 0.00239. The fourth-order valence-electron chi connectivity index (χ4n) is 1.24. The lowest BCUT2D eigenvalue weighted by atomic mass is 10.2. The van der Waals surface area contributed by atoms with Crippen LogP contribution in [0.3, 0.4) is 0 Å². The van der Waals surface area contributed by atoms with Crippen LogP contribution in [0, 0.1) is 0 Å². The maximum Gasteiger partial charge on any atom is 0.274 e. The Morgan fingerprint density at radius 2 is 2.11 bits per heavy atom. The van der Waals surface area contributed by atoms with Gasteiger partial charge in [0.05, 0.1) is 10.0 Å². The van der Waals surface area contributed by atoms with E-state index in [0.29, 0.717) is 10.6 Å². The van der Waals surface area contributed by atoms with Crippen LogP contribution in [0.4, 0.5) is 0 Å². The molecule has 5 nitrogen and oxygen atoms in total. The van der Waals surface area contributed by atoms with Crippen molar-refractivity contribution in [3.8, 4) is 0 Å². The number of benzene rings is 1. The standard InChI is InChI=1S/C11H8Cl2N2O3S/c12-8-2-1-7(5-9(8)13)11(17)14-18-6-15-10(16)3-4-19-15/h1-5H,6H2,(H,14,17). The number of carbonyl (C=O) groups is 1. The number of carbonyl (C=O) groups excluding carboxylic acids is 1. The SMILES string of the molecule is O=C(NOCn1sccc1=O)c1ccc(Cl)c(Cl)c1. The molecule has 0 saturated carbocycles. The van der Waals surface area contributed by atoms with Gasteiger partial charge in [-0.2, -0.15) is 0 Å². The molecule has 0 unspecified atom stereocenters. The smallest absolute Gasteiger partial charge is 0.268 e. The monoisotopic (exact) mass is 318 g/mol. The first-order valence-electron chi connectivity index (χ1n) is 5.10. The Hall–Kier alpha value is -1.34. The first kappa shape index (κ1) is 14.1. The summed E-state index contributed by atoms with van der Waals surface area (Å²) in [6.45, 7) is -0.0520. The fourth-order valence-corrected chi connectivity index (χ4v) is 2.14. The molecule has 1 amide bonds. The second-order valence-corrected chi connectivity index (χ2v) is 5.20. The fraction of sp³-hybridized carbons (Fsp3) is 0.0909. The summed E-state index contributed by atoms with van der Waals surface area (Å²) in [6.07, 6.45) is 0. The molecule has 19 heavy (non-hydrogen) atoms. The van der Waals surface area contributed by atoms with Crippen molar-refractivity contribution in [2.75, 3.05) is 0 Å². The minimum Gasteiger partial charge on any atom is -0.268 e. The zero-order chi connectivity index (χ0) is 13.8.